The highest BCUT2D eigenvalue weighted by Crippen LogP contribution is 2.49. The molecule has 1 amide bonds. The van der Waals surface area contributed by atoms with Crippen molar-refractivity contribution in [1.29, 1.82) is 0 Å². The van der Waals surface area contributed by atoms with Crippen LogP contribution in [0.3, 0.4) is 0 Å². The minimum absolute atomic E-state index is 0.0265. The van der Waals surface area contributed by atoms with Crippen LogP contribution in [0.2, 0.25) is 0 Å². The van der Waals surface area contributed by atoms with Crippen LogP contribution in [0.1, 0.15) is 51.2 Å². The number of hydrogen-bond acceptors (Lipinski definition) is 4. The average molecular weight is 521 g/mol. The lowest BCUT2D eigenvalue weighted by Crippen LogP contribution is -2.32. The highest BCUT2D eigenvalue weighted by Gasteiger charge is 2.44. The van der Waals surface area contributed by atoms with Crippen LogP contribution in [-0.2, 0) is 16.0 Å². The Morgan fingerprint density at radius 3 is 2.19 bits per heavy atom. The number of anilines is 2. The third-order valence-corrected chi connectivity index (χ3v) is 6.03. The van der Waals surface area contributed by atoms with Crippen LogP contribution in [0.5, 0.6) is 5.75 Å². The lowest BCUT2D eigenvalue weighted by molar-refractivity contribution is -0.153. The topological polar surface area (TPSA) is 78.9 Å². The van der Waals surface area contributed by atoms with Gasteiger partial charge in [-0.2, -0.15) is 13.2 Å². The summed E-state index contributed by atoms with van der Waals surface area (Å²) in [6.07, 6.45) is -3.82. The van der Waals surface area contributed by atoms with Crippen molar-refractivity contribution < 1.29 is 32.6 Å². The Morgan fingerprint density at radius 2 is 1.68 bits per heavy atom. The Kier molecular flexibility index (Phi) is 9.10. The molecule has 1 aliphatic carbocycles. The Morgan fingerprint density at radius 1 is 1.05 bits per heavy atom. The van der Waals surface area contributed by atoms with Crippen LogP contribution in [0.15, 0.2) is 42.5 Å². The molecular formula is C28H35F3N2O4. The molecule has 2 atom stereocenters. The molecule has 0 radical (unpaired) electrons. The SMILES string of the molecule is CC(C)CN(CC(C)C)c1ccc([C@@H]2C[C@@H]2C(=O)O)cc1NC(=O)Cc1ccc(OCC(F)(F)F)cc1. The van der Waals surface area contributed by atoms with Crippen molar-refractivity contribution in [3.63, 3.8) is 0 Å². The van der Waals surface area contributed by atoms with E-state index in [9.17, 15) is 27.9 Å². The molecular weight excluding hydrogens is 485 g/mol. The summed E-state index contributed by atoms with van der Waals surface area (Å²) >= 11 is 0. The Labute approximate surface area is 215 Å². The van der Waals surface area contributed by atoms with Gasteiger partial charge in [0.2, 0.25) is 5.91 Å². The van der Waals surface area contributed by atoms with Crippen molar-refractivity contribution in [2.24, 2.45) is 17.8 Å². The summed E-state index contributed by atoms with van der Waals surface area (Å²) in [6, 6.07) is 11.7. The first-order valence-electron chi connectivity index (χ1n) is 12.5. The Hall–Kier alpha value is -3.23. The Bertz CT molecular complexity index is 1070. The maximum atomic E-state index is 13.0. The first kappa shape index (κ1) is 28.3. The number of halogens is 3. The number of aliphatic carboxylic acids is 1. The molecule has 0 bridgehead atoms. The normalized spacial score (nSPS) is 17.1. The van der Waals surface area contributed by atoms with E-state index in [1.807, 2.05) is 18.2 Å². The molecule has 3 rings (SSSR count). The van der Waals surface area contributed by atoms with Crippen molar-refractivity contribution in [3.05, 3.63) is 53.6 Å². The standard InChI is InChI=1S/C28H35F3N2O4/c1-17(2)14-33(15-18(3)4)25-10-7-20(22-13-23(22)27(35)36)12-24(25)32-26(34)11-19-5-8-21(9-6-19)37-16-28(29,30)31/h5-10,12,17-18,22-23H,11,13-16H2,1-4H3,(H,32,34)(H,35,36)/t22-,23-/m0/s1. The number of alkyl halides is 3. The molecule has 202 valence electrons. The number of benzene rings is 2. The Balaban J connectivity index is 1.79. The molecule has 0 spiro atoms. The molecule has 0 saturated heterocycles. The van der Waals surface area contributed by atoms with Crippen LogP contribution < -0.4 is 15.0 Å². The molecule has 2 aromatic carbocycles. The number of nitrogens with zero attached hydrogens (tertiary/aromatic N) is 1. The molecule has 6 nitrogen and oxygen atoms in total. The van der Waals surface area contributed by atoms with Crippen LogP contribution in [0.4, 0.5) is 24.5 Å². The van der Waals surface area contributed by atoms with E-state index in [1.54, 1.807) is 12.1 Å². The number of carboxylic acid groups (broad SMARTS) is 1. The van der Waals surface area contributed by atoms with Gasteiger partial charge in [0.15, 0.2) is 6.61 Å². The van der Waals surface area contributed by atoms with Crippen molar-refractivity contribution in [2.45, 2.75) is 52.6 Å². The van der Waals surface area contributed by atoms with Gasteiger partial charge in [-0.25, -0.2) is 0 Å². The molecule has 0 unspecified atom stereocenters. The number of nitrogens with one attached hydrogen (secondary N) is 1. The monoisotopic (exact) mass is 520 g/mol. The van der Waals surface area contributed by atoms with Gasteiger partial charge in [0.25, 0.3) is 0 Å². The van der Waals surface area contributed by atoms with Crippen molar-refractivity contribution in [1.82, 2.24) is 0 Å². The van der Waals surface area contributed by atoms with Gasteiger partial charge >= 0.3 is 12.1 Å². The first-order chi connectivity index (χ1) is 17.3. The van der Waals surface area contributed by atoms with Crippen molar-refractivity contribution in [3.8, 4) is 5.75 Å². The van der Waals surface area contributed by atoms with Gasteiger partial charge in [-0.05, 0) is 59.6 Å². The van der Waals surface area contributed by atoms with E-state index in [0.29, 0.717) is 29.5 Å². The van der Waals surface area contributed by atoms with E-state index in [4.69, 9.17) is 4.74 Å². The van der Waals surface area contributed by atoms with Gasteiger partial charge in [0.1, 0.15) is 5.75 Å². The van der Waals surface area contributed by atoms with E-state index in [2.05, 4.69) is 37.9 Å². The summed E-state index contributed by atoms with van der Waals surface area (Å²) in [5, 5.41) is 12.4. The molecule has 1 fully saturated rings. The molecule has 2 N–H and O–H groups in total. The van der Waals surface area contributed by atoms with E-state index in [-0.39, 0.29) is 24.0 Å². The van der Waals surface area contributed by atoms with E-state index < -0.39 is 24.7 Å². The van der Waals surface area contributed by atoms with Crippen LogP contribution in [-0.4, -0.2) is 42.9 Å². The summed E-state index contributed by atoms with van der Waals surface area (Å²) in [4.78, 5) is 26.6. The second-order valence-corrected chi connectivity index (χ2v) is 10.5. The molecule has 2 aromatic rings. The minimum atomic E-state index is -4.42. The predicted octanol–water partition coefficient (Wildman–Crippen LogP) is 6.12. The molecule has 1 aliphatic rings. The fraction of sp³-hybridized carbons (Fsp3) is 0.500. The molecule has 0 aromatic heterocycles. The second kappa shape index (κ2) is 11.9. The zero-order valence-corrected chi connectivity index (χ0v) is 21.6. The maximum Gasteiger partial charge on any atom is 0.422 e. The number of amides is 1. The zero-order chi connectivity index (χ0) is 27.3. The zero-order valence-electron chi connectivity index (χ0n) is 21.6. The lowest BCUT2D eigenvalue weighted by Gasteiger charge is -2.31. The van der Waals surface area contributed by atoms with E-state index in [0.717, 1.165) is 24.3 Å². The second-order valence-electron chi connectivity index (χ2n) is 10.5. The fourth-order valence-corrected chi connectivity index (χ4v) is 4.40. The number of ether oxygens (including phenoxy) is 1. The van der Waals surface area contributed by atoms with Crippen molar-refractivity contribution >= 4 is 23.3 Å². The number of hydrogen-bond donors (Lipinski definition) is 2. The first-order valence-corrected chi connectivity index (χ1v) is 12.5. The summed E-state index contributed by atoms with van der Waals surface area (Å²) in [5.41, 5.74) is 3.02. The van der Waals surface area contributed by atoms with Gasteiger partial charge in [-0.15, -0.1) is 0 Å². The summed E-state index contributed by atoms with van der Waals surface area (Å²) in [5.74, 6) is -0.720. The average Bonchev–Trinajstić information content (AvgIpc) is 3.58. The molecule has 0 heterocycles. The quantitative estimate of drug-likeness (QED) is 0.353. The van der Waals surface area contributed by atoms with Gasteiger partial charge in [-0.1, -0.05) is 45.9 Å². The van der Waals surface area contributed by atoms with Gasteiger partial charge < -0.3 is 20.1 Å². The molecule has 37 heavy (non-hydrogen) atoms. The highest BCUT2D eigenvalue weighted by atomic mass is 19.4. The molecule has 9 heteroatoms. The predicted molar refractivity (Wildman–Crippen MR) is 137 cm³/mol. The van der Waals surface area contributed by atoms with Gasteiger partial charge in [0.05, 0.1) is 23.7 Å². The van der Waals surface area contributed by atoms with Crippen LogP contribution in [0, 0.1) is 17.8 Å². The smallest absolute Gasteiger partial charge is 0.422 e. The number of rotatable bonds is 12. The fourth-order valence-electron chi connectivity index (χ4n) is 4.40. The highest BCUT2D eigenvalue weighted by molar-refractivity contribution is 5.96. The maximum absolute atomic E-state index is 13.0. The van der Waals surface area contributed by atoms with Crippen LogP contribution in [0.25, 0.3) is 0 Å². The summed E-state index contributed by atoms with van der Waals surface area (Å²) < 4.78 is 41.8. The third-order valence-electron chi connectivity index (χ3n) is 6.03. The number of carboxylic acids is 1. The van der Waals surface area contributed by atoms with Gasteiger partial charge in [0, 0.05) is 13.1 Å². The molecule has 1 saturated carbocycles. The largest absolute Gasteiger partial charge is 0.484 e. The minimum Gasteiger partial charge on any atom is -0.484 e. The van der Waals surface area contributed by atoms with E-state index in [1.165, 1.54) is 12.1 Å². The van der Waals surface area contributed by atoms with Crippen molar-refractivity contribution in [2.75, 3.05) is 29.9 Å². The summed E-state index contributed by atoms with van der Waals surface area (Å²) in [6.45, 7) is 8.72. The summed E-state index contributed by atoms with van der Waals surface area (Å²) in [7, 11) is 0. The van der Waals surface area contributed by atoms with Gasteiger partial charge in [-0.3, -0.25) is 9.59 Å². The lowest BCUT2D eigenvalue weighted by atomic mass is 10.0. The van der Waals surface area contributed by atoms with Crippen LogP contribution >= 0.6 is 0 Å². The molecule has 0 aliphatic heterocycles. The van der Waals surface area contributed by atoms with E-state index >= 15 is 0 Å². The number of carbonyl (C=O) groups excluding carboxylic acids is 1. The number of carbonyl (C=O) groups is 2. The third kappa shape index (κ3) is 8.68.